The standard InChI is InChI=1S/BH3O3.ClH.Li/c2-1(3)4;;/h2-4H;1H;/q;;+1/p-1. The average molecular weight is 104 g/mol. The van der Waals surface area contributed by atoms with E-state index in [1.54, 1.807) is 0 Å². The minimum atomic E-state index is -2.17. The monoisotopic (exact) mass is 104 g/mol. The van der Waals surface area contributed by atoms with E-state index < -0.39 is 7.32 Å². The molecule has 0 radical (unpaired) electrons. The third kappa shape index (κ3) is 102. The Morgan fingerprint density at radius 3 is 1.00 bits per heavy atom. The van der Waals surface area contributed by atoms with Gasteiger partial charge in [0.1, 0.15) is 0 Å². The van der Waals surface area contributed by atoms with Gasteiger partial charge >= 0.3 is 26.2 Å². The van der Waals surface area contributed by atoms with Gasteiger partial charge in [0.25, 0.3) is 0 Å². The van der Waals surface area contributed by atoms with Crippen LogP contribution in [0.25, 0.3) is 0 Å². The van der Waals surface area contributed by atoms with Gasteiger partial charge in [0.15, 0.2) is 0 Å². The summed E-state index contributed by atoms with van der Waals surface area (Å²) in [7, 11) is -2.17. The summed E-state index contributed by atoms with van der Waals surface area (Å²) in [6.07, 6.45) is 0. The molecule has 6 heavy (non-hydrogen) atoms. The Morgan fingerprint density at radius 2 is 1.00 bits per heavy atom. The first-order valence-electron chi connectivity index (χ1n) is 0.775. The molecule has 0 bridgehead atoms. The number of halogens is 1. The molecule has 0 aromatic carbocycles. The van der Waals surface area contributed by atoms with E-state index in [0.717, 1.165) is 0 Å². The fourth-order valence-corrected chi connectivity index (χ4v) is 0. The second-order valence-electron chi connectivity index (χ2n) is 0.346. The van der Waals surface area contributed by atoms with Crippen LogP contribution < -0.4 is 31.3 Å². The Kier molecular flexibility index (Phi) is 24.5. The maximum atomic E-state index is 7.17. The van der Waals surface area contributed by atoms with Gasteiger partial charge in [-0.3, -0.25) is 0 Å². The van der Waals surface area contributed by atoms with Gasteiger partial charge in [0.2, 0.25) is 0 Å². The van der Waals surface area contributed by atoms with E-state index in [1.165, 1.54) is 0 Å². The van der Waals surface area contributed by atoms with Crippen LogP contribution in [0.5, 0.6) is 0 Å². The third-order valence-corrected chi connectivity index (χ3v) is 0. The molecule has 0 aromatic heterocycles. The average Bonchev–Trinajstić information content (AvgIpc) is 0.811. The normalized spacial score (nSPS) is 4.50. The van der Waals surface area contributed by atoms with Crippen molar-refractivity contribution in [1.82, 2.24) is 0 Å². The molecule has 0 aromatic rings. The van der Waals surface area contributed by atoms with Gasteiger partial charge in [0, 0.05) is 0 Å². The smallest absolute Gasteiger partial charge is 1.00 e. The first-order valence-corrected chi connectivity index (χ1v) is 0.775. The first-order chi connectivity index (χ1) is 1.73. The first kappa shape index (κ1) is 15.8. The largest absolute Gasteiger partial charge is 1.00 e. The van der Waals surface area contributed by atoms with Gasteiger partial charge in [0.05, 0.1) is 0 Å². The zero-order chi connectivity index (χ0) is 3.58. The maximum absolute atomic E-state index is 7.17. The predicted octanol–water partition coefficient (Wildman–Crippen LogP) is -8.04. The molecule has 32 valence electrons. The van der Waals surface area contributed by atoms with Crippen molar-refractivity contribution in [1.29, 1.82) is 0 Å². The van der Waals surface area contributed by atoms with Crippen LogP contribution in [0, 0.1) is 0 Å². The zero-order valence-corrected chi connectivity index (χ0v) is 4.05. The molecule has 0 heterocycles. The molecule has 0 aliphatic heterocycles. The summed E-state index contributed by atoms with van der Waals surface area (Å²) in [5.74, 6) is 0. The van der Waals surface area contributed by atoms with Gasteiger partial charge in [-0.05, 0) is 0 Å². The SMILES string of the molecule is OB(O)O.[Cl-].[Li+]. The van der Waals surface area contributed by atoms with E-state index in [4.69, 9.17) is 15.1 Å². The Balaban J connectivity index is -0.0000000450. The Morgan fingerprint density at radius 1 is 1.00 bits per heavy atom. The van der Waals surface area contributed by atoms with Gasteiger partial charge < -0.3 is 27.5 Å². The molecule has 0 saturated heterocycles. The van der Waals surface area contributed by atoms with Crippen molar-refractivity contribution in [2.75, 3.05) is 0 Å². The second kappa shape index (κ2) is 9.27. The molecule has 0 rings (SSSR count). The number of hydrogen-bond acceptors (Lipinski definition) is 3. The minimum absolute atomic E-state index is 0. The third-order valence-electron chi connectivity index (χ3n) is 0. The Bertz CT molecular complexity index is 15.5. The molecule has 0 atom stereocenters. The number of rotatable bonds is 0. The molecule has 0 saturated carbocycles. The van der Waals surface area contributed by atoms with Crippen LogP contribution in [-0.4, -0.2) is 22.4 Å². The van der Waals surface area contributed by atoms with Crippen molar-refractivity contribution >= 4 is 7.32 Å². The molecular weight excluding hydrogens is 101 g/mol. The van der Waals surface area contributed by atoms with Crippen LogP contribution >= 0.6 is 0 Å². The van der Waals surface area contributed by atoms with E-state index >= 15 is 0 Å². The van der Waals surface area contributed by atoms with Crippen molar-refractivity contribution in [2.45, 2.75) is 0 Å². The van der Waals surface area contributed by atoms with Gasteiger partial charge in [-0.1, -0.05) is 0 Å². The topological polar surface area (TPSA) is 60.7 Å². The Hall–Kier alpha value is 0.832. The fraction of sp³-hybridized carbons (Fsp3) is 0. The molecule has 0 aliphatic rings. The molecule has 0 unspecified atom stereocenters. The zero-order valence-electron chi connectivity index (χ0n) is 3.30. The van der Waals surface area contributed by atoms with Gasteiger partial charge in [-0.25, -0.2) is 0 Å². The summed E-state index contributed by atoms with van der Waals surface area (Å²) in [5.41, 5.74) is 0. The molecule has 0 spiro atoms. The van der Waals surface area contributed by atoms with E-state index in [2.05, 4.69) is 0 Å². The molecule has 0 aliphatic carbocycles. The van der Waals surface area contributed by atoms with Crippen LogP contribution in [0.4, 0.5) is 0 Å². The minimum Gasteiger partial charge on any atom is -1.00 e. The maximum Gasteiger partial charge on any atom is 1.00 e. The van der Waals surface area contributed by atoms with Crippen molar-refractivity contribution < 1.29 is 46.3 Å². The molecule has 3 nitrogen and oxygen atoms in total. The van der Waals surface area contributed by atoms with Crippen molar-refractivity contribution in [3.63, 3.8) is 0 Å². The fourth-order valence-electron chi connectivity index (χ4n) is 0. The van der Waals surface area contributed by atoms with Crippen LogP contribution in [0.1, 0.15) is 0 Å². The Labute approximate surface area is 54.1 Å². The van der Waals surface area contributed by atoms with Crippen LogP contribution in [0.3, 0.4) is 0 Å². The van der Waals surface area contributed by atoms with E-state index in [9.17, 15) is 0 Å². The summed E-state index contributed by atoms with van der Waals surface area (Å²) < 4.78 is 0. The molecule has 6 heteroatoms. The number of hydrogen-bond donors (Lipinski definition) is 3. The van der Waals surface area contributed by atoms with E-state index in [-0.39, 0.29) is 31.3 Å². The van der Waals surface area contributed by atoms with Crippen molar-refractivity contribution in [2.24, 2.45) is 0 Å². The predicted molar refractivity (Wildman–Crippen MR) is 12.4 cm³/mol. The molecule has 0 amide bonds. The van der Waals surface area contributed by atoms with E-state index in [1.807, 2.05) is 0 Å². The van der Waals surface area contributed by atoms with Crippen molar-refractivity contribution in [3.8, 4) is 0 Å². The quantitative estimate of drug-likeness (QED) is 0.268. The summed E-state index contributed by atoms with van der Waals surface area (Å²) in [4.78, 5) is 0. The van der Waals surface area contributed by atoms with Crippen LogP contribution in [0.15, 0.2) is 0 Å². The van der Waals surface area contributed by atoms with E-state index in [0.29, 0.717) is 0 Å². The van der Waals surface area contributed by atoms with Crippen LogP contribution in [-0.2, 0) is 0 Å². The van der Waals surface area contributed by atoms with Gasteiger partial charge in [-0.2, -0.15) is 0 Å². The summed E-state index contributed by atoms with van der Waals surface area (Å²) >= 11 is 0. The van der Waals surface area contributed by atoms with Crippen molar-refractivity contribution in [3.05, 3.63) is 0 Å². The molecule has 0 fully saturated rings. The molecular formula is H3BClLiO3. The summed E-state index contributed by atoms with van der Waals surface area (Å²) in [6, 6.07) is 0. The summed E-state index contributed by atoms with van der Waals surface area (Å²) in [5, 5.41) is 21.5. The van der Waals surface area contributed by atoms with Gasteiger partial charge in [-0.15, -0.1) is 0 Å². The second-order valence-corrected chi connectivity index (χ2v) is 0.346. The van der Waals surface area contributed by atoms with Crippen LogP contribution in [0.2, 0.25) is 0 Å². The summed E-state index contributed by atoms with van der Waals surface area (Å²) in [6.45, 7) is 0. The molecule has 3 N–H and O–H groups in total.